The Hall–Kier alpha value is -0.330. The number of hydrogen-bond acceptors (Lipinski definition) is 1. The van der Waals surface area contributed by atoms with Crippen molar-refractivity contribution >= 4 is 5.78 Å². The van der Waals surface area contributed by atoms with Gasteiger partial charge in [-0.15, -0.1) is 0 Å². The van der Waals surface area contributed by atoms with Crippen LogP contribution in [0.4, 0.5) is 0 Å². The number of ketones is 1. The molecule has 0 aromatic carbocycles. The molecule has 0 aliphatic heterocycles. The summed E-state index contributed by atoms with van der Waals surface area (Å²) in [6.45, 7) is 2.25. The van der Waals surface area contributed by atoms with Crippen LogP contribution in [0.3, 0.4) is 0 Å². The molecule has 4 saturated carbocycles. The first-order valence-corrected chi connectivity index (χ1v) is 3.84. The summed E-state index contributed by atoms with van der Waals surface area (Å²) in [4.78, 5) is 11.2. The lowest BCUT2D eigenvalue weighted by Gasteiger charge is -2.03. The van der Waals surface area contributed by atoms with Crippen LogP contribution in [0.5, 0.6) is 0 Å². The van der Waals surface area contributed by atoms with Gasteiger partial charge in [0, 0.05) is 11.8 Å². The van der Waals surface area contributed by atoms with Gasteiger partial charge in [0.15, 0.2) is 0 Å². The van der Waals surface area contributed by atoms with E-state index in [-0.39, 0.29) is 0 Å². The predicted molar refractivity (Wildman–Crippen MR) is 32.7 cm³/mol. The Labute approximate surface area is 54.4 Å². The van der Waals surface area contributed by atoms with Crippen molar-refractivity contribution in [3.05, 3.63) is 0 Å². The molecular weight excluding hydrogens is 112 g/mol. The Morgan fingerprint density at radius 3 is 2.44 bits per heavy atom. The number of carbonyl (C=O) groups is 1. The summed E-state index contributed by atoms with van der Waals surface area (Å²) in [5.41, 5.74) is 0. The van der Waals surface area contributed by atoms with Crippen molar-refractivity contribution in [3.63, 3.8) is 0 Å². The van der Waals surface area contributed by atoms with Crippen molar-refractivity contribution in [2.45, 2.75) is 13.3 Å². The lowest BCUT2D eigenvalue weighted by molar-refractivity contribution is -0.121. The van der Waals surface area contributed by atoms with E-state index in [0.29, 0.717) is 17.6 Å². The van der Waals surface area contributed by atoms with Gasteiger partial charge in [0.05, 0.1) is 0 Å². The average molecular weight is 122 g/mol. The molecule has 9 heavy (non-hydrogen) atoms. The molecule has 0 spiro atoms. The lowest BCUT2D eigenvalue weighted by Crippen LogP contribution is -2.07. The van der Waals surface area contributed by atoms with Crippen LogP contribution in [0.25, 0.3) is 0 Å². The van der Waals surface area contributed by atoms with Crippen LogP contribution in [-0.2, 0) is 4.79 Å². The SMILES string of the molecule is CC1C2CC3C(C2=O)C13. The highest BCUT2D eigenvalue weighted by Crippen LogP contribution is 2.70. The van der Waals surface area contributed by atoms with Gasteiger partial charge in [-0.3, -0.25) is 4.79 Å². The maximum Gasteiger partial charge on any atom is 0.139 e. The zero-order valence-electron chi connectivity index (χ0n) is 5.50. The van der Waals surface area contributed by atoms with E-state index in [4.69, 9.17) is 0 Å². The largest absolute Gasteiger partial charge is 0.299 e. The minimum atomic E-state index is 0.505. The Bertz CT molecular complexity index is 197. The number of hydrogen-bond donors (Lipinski definition) is 0. The molecule has 1 heteroatoms. The van der Waals surface area contributed by atoms with Gasteiger partial charge in [-0.1, -0.05) is 6.92 Å². The van der Waals surface area contributed by atoms with Gasteiger partial charge < -0.3 is 0 Å². The predicted octanol–water partition coefficient (Wildman–Crippen LogP) is 1.09. The zero-order chi connectivity index (χ0) is 6.17. The molecule has 4 rings (SSSR count). The second-order valence-corrected chi connectivity index (χ2v) is 3.87. The van der Waals surface area contributed by atoms with Gasteiger partial charge in [0.2, 0.25) is 0 Å². The third-order valence-corrected chi connectivity index (χ3v) is 3.69. The van der Waals surface area contributed by atoms with E-state index < -0.39 is 0 Å². The van der Waals surface area contributed by atoms with Crippen molar-refractivity contribution in [2.24, 2.45) is 29.6 Å². The maximum atomic E-state index is 11.2. The topological polar surface area (TPSA) is 17.1 Å². The van der Waals surface area contributed by atoms with E-state index in [1.54, 1.807) is 0 Å². The molecule has 5 atom stereocenters. The summed E-state index contributed by atoms with van der Waals surface area (Å²) in [5.74, 6) is 4.14. The normalized spacial score (nSPS) is 67.2. The third-order valence-electron chi connectivity index (χ3n) is 3.69. The number of rotatable bonds is 0. The fraction of sp³-hybridized carbons (Fsp3) is 0.875. The standard InChI is InChI=1S/C8H10O/c1-3-4-2-5-6(3)7(5)8(4)9/h3-7H,2H2,1H3. The van der Waals surface area contributed by atoms with E-state index in [0.717, 1.165) is 17.8 Å². The number of carbonyl (C=O) groups excluding carboxylic acids is 1. The molecule has 4 bridgehead atoms. The molecule has 0 aromatic heterocycles. The summed E-state index contributed by atoms with van der Waals surface area (Å²) >= 11 is 0. The molecule has 0 saturated heterocycles. The zero-order valence-corrected chi connectivity index (χ0v) is 5.50. The Morgan fingerprint density at radius 1 is 1.56 bits per heavy atom. The van der Waals surface area contributed by atoms with Crippen LogP contribution >= 0.6 is 0 Å². The number of Topliss-reactive ketones (excluding diaryl/α,β-unsaturated/α-hetero) is 1. The molecule has 0 amide bonds. The first kappa shape index (κ1) is 4.48. The van der Waals surface area contributed by atoms with Crippen molar-refractivity contribution < 1.29 is 4.79 Å². The van der Waals surface area contributed by atoms with Crippen LogP contribution in [0.1, 0.15) is 13.3 Å². The molecule has 0 aromatic rings. The van der Waals surface area contributed by atoms with E-state index in [2.05, 4.69) is 6.92 Å². The molecular formula is C8H10O. The van der Waals surface area contributed by atoms with Gasteiger partial charge in [-0.05, 0) is 24.2 Å². The average Bonchev–Trinajstić information content (AvgIpc) is 2.18. The fourth-order valence-electron chi connectivity index (χ4n) is 3.22. The van der Waals surface area contributed by atoms with Crippen molar-refractivity contribution in [3.8, 4) is 0 Å². The van der Waals surface area contributed by atoms with Crippen LogP contribution in [0.2, 0.25) is 0 Å². The van der Waals surface area contributed by atoms with Crippen molar-refractivity contribution in [1.29, 1.82) is 0 Å². The Kier molecular flexibility index (Phi) is 0.487. The monoisotopic (exact) mass is 122 g/mol. The van der Waals surface area contributed by atoms with E-state index in [1.165, 1.54) is 6.42 Å². The van der Waals surface area contributed by atoms with Gasteiger partial charge in [-0.2, -0.15) is 0 Å². The summed E-state index contributed by atoms with van der Waals surface area (Å²) in [6.07, 6.45) is 1.25. The smallest absolute Gasteiger partial charge is 0.139 e. The molecule has 48 valence electrons. The first-order chi connectivity index (χ1) is 4.30. The van der Waals surface area contributed by atoms with Crippen LogP contribution < -0.4 is 0 Å². The van der Waals surface area contributed by atoms with Crippen LogP contribution in [-0.4, -0.2) is 5.78 Å². The minimum Gasteiger partial charge on any atom is -0.299 e. The summed E-state index contributed by atoms with van der Waals surface area (Å²) in [5, 5.41) is 0. The summed E-state index contributed by atoms with van der Waals surface area (Å²) in [6, 6.07) is 0. The second kappa shape index (κ2) is 0.979. The van der Waals surface area contributed by atoms with Crippen molar-refractivity contribution in [1.82, 2.24) is 0 Å². The highest BCUT2D eigenvalue weighted by molar-refractivity contribution is 5.92. The van der Waals surface area contributed by atoms with Crippen LogP contribution in [0, 0.1) is 29.6 Å². The molecule has 4 aliphatic carbocycles. The molecule has 1 nitrogen and oxygen atoms in total. The van der Waals surface area contributed by atoms with Gasteiger partial charge in [0.1, 0.15) is 5.78 Å². The first-order valence-electron chi connectivity index (χ1n) is 3.84. The maximum absolute atomic E-state index is 11.2. The highest BCUT2D eigenvalue weighted by Gasteiger charge is 2.72. The quantitative estimate of drug-likeness (QED) is 0.470. The second-order valence-electron chi connectivity index (χ2n) is 3.87. The van der Waals surface area contributed by atoms with Crippen molar-refractivity contribution in [2.75, 3.05) is 0 Å². The minimum absolute atomic E-state index is 0.505. The van der Waals surface area contributed by atoms with Gasteiger partial charge in [-0.25, -0.2) is 0 Å². The third kappa shape index (κ3) is 0.280. The molecule has 4 fully saturated rings. The Morgan fingerprint density at radius 2 is 2.33 bits per heavy atom. The Balaban J connectivity index is 2.16. The fourth-order valence-corrected chi connectivity index (χ4v) is 3.22. The van der Waals surface area contributed by atoms with Crippen LogP contribution in [0.15, 0.2) is 0 Å². The van der Waals surface area contributed by atoms with E-state index in [1.807, 2.05) is 0 Å². The van der Waals surface area contributed by atoms with Gasteiger partial charge in [0.25, 0.3) is 0 Å². The molecule has 0 radical (unpaired) electrons. The van der Waals surface area contributed by atoms with Gasteiger partial charge >= 0.3 is 0 Å². The molecule has 4 aliphatic rings. The lowest BCUT2D eigenvalue weighted by atomic mass is 10.0. The molecule has 5 unspecified atom stereocenters. The van der Waals surface area contributed by atoms with E-state index >= 15 is 0 Å². The van der Waals surface area contributed by atoms with E-state index in [9.17, 15) is 4.79 Å². The molecule has 0 N–H and O–H groups in total. The molecule has 0 heterocycles. The summed E-state index contributed by atoms with van der Waals surface area (Å²) < 4.78 is 0. The summed E-state index contributed by atoms with van der Waals surface area (Å²) in [7, 11) is 0. The highest BCUT2D eigenvalue weighted by atomic mass is 16.1.